The van der Waals surface area contributed by atoms with E-state index in [2.05, 4.69) is 33.0 Å². The molecule has 1 unspecified atom stereocenters. The summed E-state index contributed by atoms with van der Waals surface area (Å²) in [7, 11) is 1.97. The highest BCUT2D eigenvalue weighted by Crippen LogP contribution is 2.09. The van der Waals surface area contributed by atoms with Gasteiger partial charge in [-0.25, -0.2) is 4.99 Å². The van der Waals surface area contributed by atoms with E-state index in [-0.39, 0.29) is 4.17 Å². The Bertz CT molecular complexity index is 122. The Morgan fingerprint density at radius 2 is 2.50 bits per heavy atom. The topological polar surface area (TPSA) is 27.6 Å². The number of aliphatic imine (C=N–C) groups is 1. The molecular weight excluding hydrogens is 217 g/mol. The van der Waals surface area contributed by atoms with E-state index in [0.29, 0.717) is 0 Å². The van der Waals surface area contributed by atoms with E-state index in [1.54, 1.807) is 0 Å². The maximum atomic E-state index is 4.19. The van der Waals surface area contributed by atoms with Gasteiger partial charge in [0.1, 0.15) is 5.84 Å². The van der Waals surface area contributed by atoms with Crippen molar-refractivity contribution >= 4 is 28.4 Å². The van der Waals surface area contributed by atoms with Gasteiger partial charge in [-0.05, 0) is 29.5 Å². The Balaban J connectivity index is 2.56. The maximum Gasteiger partial charge on any atom is 0.172 e. The molecule has 0 aromatic rings. The molecule has 0 saturated heterocycles. The summed E-state index contributed by atoms with van der Waals surface area (Å²) in [6.45, 7) is 1.95. The molecule has 1 atom stereocenters. The van der Waals surface area contributed by atoms with Gasteiger partial charge in [-0.1, -0.05) is 0 Å². The minimum atomic E-state index is 0.271. The van der Waals surface area contributed by atoms with E-state index >= 15 is 0 Å². The molecule has 0 aliphatic carbocycles. The Morgan fingerprint density at radius 1 is 1.88 bits per heavy atom. The molecular formula is C4H8IN3. The average molecular weight is 225 g/mol. The van der Waals surface area contributed by atoms with Gasteiger partial charge in [0.2, 0.25) is 0 Å². The predicted molar refractivity (Wildman–Crippen MR) is 41.8 cm³/mol. The standard InChI is InChI=1S/C4H8IN3/c1-3-6-4(5)8(2)7-3/h4H,1-2H3,(H,6,7). The van der Waals surface area contributed by atoms with Gasteiger partial charge in [-0.2, -0.15) is 5.01 Å². The molecule has 1 aliphatic rings. The van der Waals surface area contributed by atoms with Crippen LogP contribution in [-0.2, 0) is 0 Å². The molecule has 1 heterocycles. The number of halogens is 1. The molecule has 4 heteroatoms. The number of nitrogens with one attached hydrogen (secondary N) is 1. The molecule has 0 spiro atoms. The van der Waals surface area contributed by atoms with E-state index < -0.39 is 0 Å². The number of alkyl halides is 1. The van der Waals surface area contributed by atoms with Crippen molar-refractivity contribution < 1.29 is 0 Å². The lowest BCUT2D eigenvalue weighted by molar-refractivity contribution is 0.317. The van der Waals surface area contributed by atoms with Crippen molar-refractivity contribution in [3.63, 3.8) is 0 Å². The molecule has 0 radical (unpaired) electrons. The van der Waals surface area contributed by atoms with Gasteiger partial charge in [0.05, 0.1) is 0 Å². The monoisotopic (exact) mass is 225 g/mol. The zero-order valence-electron chi connectivity index (χ0n) is 4.85. The lowest BCUT2D eigenvalue weighted by atomic mass is 10.7. The van der Waals surface area contributed by atoms with E-state index in [1.807, 2.05) is 19.0 Å². The molecule has 46 valence electrons. The van der Waals surface area contributed by atoms with Crippen molar-refractivity contribution in [1.29, 1.82) is 0 Å². The van der Waals surface area contributed by atoms with Gasteiger partial charge in [0.15, 0.2) is 4.17 Å². The van der Waals surface area contributed by atoms with Crippen LogP contribution in [0.25, 0.3) is 0 Å². The van der Waals surface area contributed by atoms with Gasteiger partial charge >= 0.3 is 0 Å². The summed E-state index contributed by atoms with van der Waals surface area (Å²) in [6, 6.07) is 0. The summed E-state index contributed by atoms with van der Waals surface area (Å²) in [5.41, 5.74) is 3.04. The van der Waals surface area contributed by atoms with Crippen LogP contribution in [0.5, 0.6) is 0 Å². The van der Waals surface area contributed by atoms with Gasteiger partial charge in [0, 0.05) is 7.05 Å². The van der Waals surface area contributed by atoms with Crippen molar-refractivity contribution in [3.8, 4) is 0 Å². The highest BCUT2D eigenvalue weighted by molar-refractivity contribution is 14.1. The summed E-state index contributed by atoms with van der Waals surface area (Å²) < 4.78 is 0.271. The minimum absolute atomic E-state index is 0.271. The third kappa shape index (κ3) is 1.11. The molecule has 0 amide bonds. The van der Waals surface area contributed by atoms with Crippen LogP contribution in [0.3, 0.4) is 0 Å². The smallest absolute Gasteiger partial charge is 0.172 e. The normalized spacial score (nSPS) is 29.9. The Labute approximate surface area is 62.3 Å². The van der Waals surface area contributed by atoms with Crippen LogP contribution in [0.1, 0.15) is 6.92 Å². The van der Waals surface area contributed by atoms with Gasteiger partial charge in [-0.3, -0.25) is 0 Å². The van der Waals surface area contributed by atoms with Crippen LogP contribution in [0.2, 0.25) is 0 Å². The quantitative estimate of drug-likeness (QED) is 0.371. The minimum Gasteiger partial charge on any atom is -0.305 e. The van der Waals surface area contributed by atoms with E-state index in [1.165, 1.54) is 0 Å². The first-order chi connectivity index (χ1) is 3.70. The number of hydrogen-bond donors (Lipinski definition) is 1. The SMILES string of the molecule is CC1=NC(I)N(C)N1. The second kappa shape index (κ2) is 2.18. The second-order valence-electron chi connectivity index (χ2n) is 1.75. The first-order valence-corrected chi connectivity index (χ1v) is 3.62. The number of hydrogen-bond acceptors (Lipinski definition) is 3. The Kier molecular flexibility index (Phi) is 1.71. The van der Waals surface area contributed by atoms with Crippen LogP contribution >= 0.6 is 22.6 Å². The van der Waals surface area contributed by atoms with Crippen LogP contribution in [0.4, 0.5) is 0 Å². The molecule has 0 fully saturated rings. The summed E-state index contributed by atoms with van der Waals surface area (Å²) in [5.74, 6) is 0.993. The first-order valence-electron chi connectivity index (χ1n) is 2.38. The van der Waals surface area contributed by atoms with Crippen molar-refractivity contribution in [2.45, 2.75) is 11.1 Å². The molecule has 0 aromatic heterocycles. The van der Waals surface area contributed by atoms with E-state index in [4.69, 9.17) is 0 Å². The Hall–Kier alpha value is 0.160. The summed E-state index contributed by atoms with van der Waals surface area (Å²) in [5, 5.41) is 1.95. The largest absolute Gasteiger partial charge is 0.305 e. The predicted octanol–water partition coefficient (Wildman–Crippen LogP) is 0.573. The molecule has 1 aliphatic heterocycles. The molecule has 8 heavy (non-hydrogen) atoms. The van der Waals surface area contributed by atoms with Crippen LogP contribution in [-0.4, -0.2) is 22.1 Å². The molecule has 1 rings (SSSR count). The van der Waals surface area contributed by atoms with E-state index in [0.717, 1.165) is 5.84 Å². The highest BCUT2D eigenvalue weighted by Gasteiger charge is 2.14. The lowest BCUT2D eigenvalue weighted by Crippen LogP contribution is -2.33. The van der Waals surface area contributed by atoms with Gasteiger partial charge < -0.3 is 5.43 Å². The summed E-state index contributed by atoms with van der Waals surface area (Å²) in [6.07, 6.45) is 0. The van der Waals surface area contributed by atoms with Crippen LogP contribution in [0, 0.1) is 0 Å². The van der Waals surface area contributed by atoms with Gasteiger partial charge in [0.25, 0.3) is 0 Å². The van der Waals surface area contributed by atoms with Crippen molar-refractivity contribution in [3.05, 3.63) is 0 Å². The first kappa shape index (κ1) is 6.28. The van der Waals surface area contributed by atoms with Gasteiger partial charge in [-0.15, -0.1) is 0 Å². The van der Waals surface area contributed by atoms with Crippen molar-refractivity contribution in [1.82, 2.24) is 10.4 Å². The highest BCUT2D eigenvalue weighted by atomic mass is 127. The summed E-state index contributed by atoms with van der Waals surface area (Å²) in [4.78, 5) is 4.19. The third-order valence-electron chi connectivity index (χ3n) is 0.958. The maximum absolute atomic E-state index is 4.19. The number of rotatable bonds is 0. The van der Waals surface area contributed by atoms with Crippen LogP contribution < -0.4 is 5.43 Å². The fourth-order valence-electron chi connectivity index (χ4n) is 0.584. The summed E-state index contributed by atoms with van der Waals surface area (Å²) >= 11 is 2.25. The molecule has 0 aromatic carbocycles. The molecule has 1 N–H and O–H groups in total. The van der Waals surface area contributed by atoms with Crippen molar-refractivity contribution in [2.75, 3.05) is 7.05 Å². The molecule has 0 saturated carbocycles. The van der Waals surface area contributed by atoms with Crippen molar-refractivity contribution in [2.24, 2.45) is 4.99 Å². The fourth-order valence-corrected chi connectivity index (χ4v) is 1.14. The number of hydrazine groups is 1. The van der Waals surface area contributed by atoms with E-state index in [9.17, 15) is 0 Å². The molecule has 3 nitrogen and oxygen atoms in total. The lowest BCUT2D eigenvalue weighted by Gasteiger charge is -2.10. The third-order valence-corrected chi connectivity index (χ3v) is 2.07. The zero-order valence-corrected chi connectivity index (χ0v) is 7.01. The Morgan fingerprint density at radius 3 is 2.62 bits per heavy atom. The average Bonchev–Trinajstić information content (AvgIpc) is 1.85. The number of nitrogens with zero attached hydrogens (tertiary/aromatic N) is 2. The second-order valence-corrected chi connectivity index (χ2v) is 2.86. The molecule has 0 bridgehead atoms. The fraction of sp³-hybridized carbons (Fsp3) is 0.750. The zero-order chi connectivity index (χ0) is 6.15. The number of amidine groups is 1. The van der Waals surface area contributed by atoms with Crippen LogP contribution in [0.15, 0.2) is 4.99 Å².